The SMILES string of the molecule is Cn1cc(C[C@@H]2CN=C3SC=C(c4ccc(Cl)cc4)N32)c2ccccc21. The summed E-state index contributed by atoms with van der Waals surface area (Å²) in [6.45, 7) is 0.844. The quantitative estimate of drug-likeness (QED) is 0.626. The molecule has 0 saturated carbocycles. The van der Waals surface area contributed by atoms with E-state index in [1.807, 2.05) is 12.1 Å². The number of halogens is 1. The van der Waals surface area contributed by atoms with E-state index < -0.39 is 0 Å². The molecule has 0 spiro atoms. The Morgan fingerprint density at radius 2 is 1.96 bits per heavy atom. The van der Waals surface area contributed by atoms with Crippen LogP contribution >= 0.6 is 23.4 Å². The number of aromatic nitrogens is 1. The first-order valence-electron chi connectivity index (χ1n) is 8.70. The zero-order valence-electron chi connectivity index (χ0n) is 14.4. The van der Waals surface area contributed by atoms with Crippen molar-refractivity contribution in [1.82, 2.24) is 9.47 Å². The van der Waals surface area contributed by atoms with Crippen molar-refractivity contribution < 1.29 is 0 Å². The van der Waals surface area contributed by atoms with Crippen molar-refractivity contribution in [2.75, 3.05) is 6.54 Å². The Hall–Kier alpha value is -2.17. The Bertz CT molecular complexity index is 1050. The second kappa shape index (κ2) is 6.22. The molecule has 3 nitrogen and oxygen atoms in total. The minimum Gasteiger partial charge on any atom is -0.350 e. The highest BCUT2D eigenvalue weighted by Crippen LogP contribution is 2.39. The first kappa shape index (κ1) is 16.0. The average Bonchev–Trinajstić information content (AvgIpc) is 3.32. The Morgan fingerprint density at radius 1 is 1.15 bits per heavy atom. The number of fused-ring (bicyclic) bond motifs is 2. The highest BCUT2D eigenvalue weighted by molar-refractivity contribution is 8.16. The summed E-state index contributed by atoms with van der Waals surface area (Å²) in [6, 6.07) is 17.1. The topological polar surface area (TPSA) is 20.5 Å². The molecule has 3 aromatic rings. The monoisotopic (exact) mass is 379 g/mol. The summed E-state index contributed by atoms with van der Waals surface area (Å²) in [5.41, 5.74) is 5.09. The number of hydrogen-bond acceptors (Lipinski definition) is 3. The Labute approximate surface area is 162 Å². The third-order valence-electron chi connectivity index (χ3n) is 5.12. The van der Waals surface area contributed by atoms with Crippen LogP contribution in [0.15, 0.2) is 65.1 Å². The van der Waals surface area contributed by atoms with Crippen molar-refractivity contribution in [3.8, 4) is 0 Å². The van der Waals surface area contributed by atoms with Gasteiger partial charge in [-0.2, -0.15) is 0 Å². The van der Waals surface area contributed by atoms with E-state index in [0.29, 0.717) is 6.04 Å². The van der Waals surface area contributed by atoms with Crippen molar-refractivity contribution in [2.24, 2.45) is 12.0 Å². The molecule has 26 heavy (non-hydrogen) atoms. The fourth-order valence-electron chi connectivity index (χ4n) is 3.88. The van der Waals surface area contributed by atoms with E-state index in [4.69, 9.17) is 16.6 Å². The van der Waals surface area contributed by atoms with Gasteiger partial charge < -0.3 is 9.47 Å². The Balaban J connectivity index is 1.47. The van der Waals surface area contributed by atoms with Crippen molar-refractivity contribution >= 4 is 45.1 Å². The third-order valence-corrected chi connectivity index (χ3v) is 6.25. The molecule has 0 aliphatic carbocycles. The zero-order valence-corrected chi connectivity index (χ0v) is 16.0. The predicted molar refractivity (Wildman–Crippen MR) is 112 cm³/mol. The van der Waals surface area contributed by atoms with Crippen molar-refractivity contribution in [1.29, 1.82) is 0 Å². The first-order valence-corrected chi connectivity index (χ1v) is 9.96. The van der Waals surface area contributed by atoms with Crippen LogP contribution in [0, 0.1) is 0 Å². The second-order valence-corrected chi connectivity index (χ2v) is 8.03. The first-order chi connectivity index (χ1) is 12.7. The molecule has 0 amide bonds. The summed E-state index contributed by atoms with van der Waals surface area (Å²) < 4.78 is 2.22. The lowest BCUT2D eigenvalue weighted by atomic mass is 10.0. The van der Waals surface area contributed by atoms with Crippen LogP contribution in [0.1, 0.15) is 11.1 Å². The summed E-state index contributed by atoms with van der Waals surface area (Å²) in [5, 5.41) is 5.42. The van der Waals surface area contributed by atoms with Gasteiger partial charge >= 0.3 is 0 Å². The maximum atomic E-state index is 6.06. The molecule has 0 N–H and O–H groups in total. The molecule has 5 rings (SSSR count). The van der Waals surface area contributed by atoms with Crippen molar-refractivity contribution in [3.05, 3.63) is 76.3 Å². The molecule has 2 aromatic carbocycles. The van der Waals surface area contributed by atoms with Gasteiger partial charge in [0, 0.05) is 34.6 Å². The van der Waals surface area contributed by atoms with E-state index in [1.165, 1.54) is 27.7 Å². The summed E-state index contributed by atoms with van der Waals surface area (Å²) in [6.07, 6.45) is 3.25. The van der Waals surface area contributed by atoms with E-state index >= 15 is 0 Å². The largest absolute Gasteiger partial charge is 0.350 e. The highest BCUT2D eigenvalue weighted by atomic mass is 35.5. The zero-order chi connectivity index (χ0) is 17.7. The van der Waals surface area contributed by atoms with E-state index in [1.54, 1.807) is 11.8 Å². The summed E-state index contributed by atoms with van der Waals surface area (Å²) >= 11 is 7.78. The molecule has 2 aliphatic heterocycles. The normalized spacial score (nSPS) is 19.0. The van der Waals surface area contributed by atoms with Gasteiger partial charge in [-0.1, -0.05) is 53.7 Å². The van der Waals surface area contributed by atoms with Gasteiger partial charge in [0.15, 0.2) is 5.17 Å². The molecule has 0 fully saturated rings. The maximum Gasteiger partial charge on any atom is 0.168 e. The molecular formula is C21H18ClN3S. The van der Waals surface area contributed by atoms with E-state index in [-0.39, 0.29) is 0 Å². The Morgan fingerprint density at radius 3 is 2.81 bits per heavy atom. The number of aryl methyl sites for hydroxylation is 1. The molecule has 0 radical (unpaired) electrons. The molecule has 0 saturated heterocycles. The standard InChI is InChI=1S/C21H18ClN3S/c1-24-12-15(18-4-2-3-5-19(18)24)10-17-11-23-21-25(17)20(13-26-21)14-6-8-16(22)9-7-14/h2-9,12-13,17H,10-11H2,1H3/t17-/m1/s1. The summed E-state index contributed by atoms with van der Waals surface area (Å²) in [5.74, 6) is 0. The van der Waals surface area contributed by atoms with Crippen molar-refractivity contribution in [3.63, 3.8) is 0 Å². The fraction of sp³-hybridized carbons (Fsp3) is 0.190. The Kier molecular flexibility index (Phi) is 3.84. The van der Waals surface area contributed by atoms with Gasteiger partial charge in [0.25, 0.3) is 0 Å². The number of para-hydroxylation sites is 1. The van der Waals surface area contributed by atoms with Crippen LogP contribution < -0.4 is 0 Å². The van der Waals surface area contributed by atoms with Crippen LogP contribution in [-0.4, -0.2) is 27.2 Å². The van der Waals surface area contributed by atoms with Crippen LogP contribution in [0.2, 0.25) is 5.02 Å². The van der Waals surface area contributed by atoms with Crippen LogP contribution in [0.4, 0.5) is 0 Å². The van der Waals surface area contributed by atoms with Crippen LogP contribution in [0.25, 0.3) is 16.6 Å². The van der Waals surface area contributed by atoms with Gasteiger partial charge in [0.05, 0.1) is 18.3 Å². The van der Waals surface area contributed by atoms with E-state index in [0.717, 1.165) is 23.2 Å². The number of benzene rings is 2. The molecular weight excluding hydrogens is 362 g/mol. The minimum atomic E-state index is 0.354. The van der Waals surface area contributed by atoms with Gasteiger partial charge in [-0.15, -0.1) is 0 Å². The number of amidine groups is 1. The van der Waals surface area contributed by atoms with Gasteiger partial charge in [-0.3, -0.25) is 4.99 Å². The van der Waals surface area contributed by atoms with Crippen LogP contribution in [0.3, 0.4) is 0 Å². The number of aliphatic imine (C=N–C) groups is 1. The van der Waals surface area contributed by atoms with Gasteiger partial charge in [0.1, 0.15) is 0 Å². The number of thioether (sulfide) groups is 1. The average molecular weight is 380 g/mol. The summed E-state index contributed by atoms with van der Waals surface area (Å²) in [4.78, 5) is 7.17. The maximum absolute atomic E-state index is 6.06. The summed E-state index contributed by atoms with van der Waals surface area (Å²) in [7, 11) is 2.12. The van der Waals surface area contributed by atoms with Gasteiger partial charge in [0.2, 0.25) is 0 Å². The van der Waals surface area contributed by atoms with Crippen LogP contribution in [-0.2, 0) is 13.5 Å². The third kappa shape index (κ3) is 2.56. The fourth-order valence-corrected chi connectivity index (χ4v) is 4.99. The molecule has 0 bridgehead atoms. The lowest BCUT2D eigenvalue weighted by Gasteiger charge is -2.26. The molecule has 5 heteroatoms. The smallest absolute Gasteiger partial charge is 0.168 e. The predicted octanol–water partition coefficient (Wildman–Crippen LogP) is 5.16. The molecule has 1 atom stereocenters. The molecule has 2 aliphatic rings. The number of hydrogen-bond donors (Lipinski definition) is 0. The molecule has 1 aromatic heterocycles. The van der Waals surface area contributed by atoms with Crippen molar-refractivity contribution in [2.45, 2.75) is 12.5 Å². The van der Waals surface area contributed by atoms with E-state index in [9.17, 15) is 0 Å². The number of rotatable bonds is 3. The molecule has 3 heterocycles. The second-order valence-electron chi connectivity index (χ2n) is 6.76. The molecule has 0 unspecified atom stereocenters. The lowest BCUT2D eigenvalue weighted by Crippen LogP contribution is -2.33. The van der Waals surface area contributed by atoms with Gasteiger partial charge in [-0.25, -0.2) is 0 Å². The van der Waals surface area contributed by atoms with Gasteiger partial charge in [-0.05, 0) is 35.7 Å². The molecule has 130 valence electrons. The lowest BCUT2D eigenvalue weighted by molar-refractivity contribution is 0.463. The highest BCUT2D eigenvalue weighted by Gasteiger charge is 2.35. The number of nitrogens with zero attached hydrogens (tertiary/aromatic N) is 3. The van der Waals surface area contributed by atoms with E-state index in [2.05, 4.69) is 64.5 Å². The van der Waals surface area contributed by atoms with Crippen LogP contribution in [0.5, 0.6) is 0 Å². The minimum absolute atomic E-state index is 0.354.